The molecule has 0 aromatic heterocycles. The zero-order chi connectivity index (χ0) is 24.9. The van der Waals surface area contributed by atoms with Crippen molar-refractivity contribution in [1.82, 2.24) is 0 Å². The smallest absolute Gasteiger partial charge is 0.192 e. The van der Waals surface area contributed by atoms with Crippen LogP contribution in [0.5, 0.6) is 5.75 Å². The molecule has 1 aromatic carbocycles. The highest BCUT2D eigenvalue weighted by Gasteiger charge is 2.43. The zero-order valence-corrected chi connectivity index (χ0v) is 23.0. The third-order valence-corrected chi connectivity index (χ3v) is 11.3. The predicted octanol–water partition coefficient (Wildman–Crippen LogP) is 5.74. The fraction of sp³-hybridized carbons (Fsp3) is 0.731. The molecule has 0 radical (unpaired) electrons. The Balaban J connectivity index is 2.21. The number of rotatable bonds is 12. The monoisotopic (exact) mass is 480 g/mol. The molecule has 0 N–H and O–H groups in total. The van der Waals surface area contributed by atoms with E-state index in [2.05, 4.69) is 40.8 Å². The fourth-order valence-corrected chi connectivity index (χ4v) is 5.24. The summed E-state index contributed by atoms with van der Waals surface area (Å²) >= 11 is 0. The summed E-state index contributed by atoms with van der Waals surface area (Å²) in [5.41, 5.74) is 1.03. The van der Waals surface area contributed by atoms with E-state index in [1.807, 2.05) is 38.1 Å². The molecule has 1 aliphatic heterocycles. The van der Waals surface area contributed by atoms with Gasteiger partial charge in [0.05, 0.1) is 38.6 Å². The number of carbonyl (C=O) groups is 1. The Hall–Kier alpha value is -1.25. The molecule has 1 heterocycles. The summed E-state index contributed by atoms with van der Waals surface area (Å²) in [4.78, 5) is 11.6. The van der Waals surface area contributed by atoms with Gasteiger partial charge < -0.3 is 28.2 Å². The van der Waals surface area contributed by atoms with Gasteiger partial charge in [0.15, 0.2) is 14.1 Å². The van der Waals surface area contributed by atoms with Crippen molar-refractivity contribution in [3.05, 3.63) is 29.8 Å². The van der Waals surface area contributed by atoms with Crippen LogP contribution in [0.2, 0.25) is 18.1 Å². The van der Waals surface area contributed by atoms with Gasteiger partial charge in [-0.25, -0.2) is 0 Å². The molecule has 1 aromatic rings. The lowest BCUT2D eigenvalue weighted by atomic mass is 9.92. The van der Waals surface area contributed by atoms with Crippen LogP contribution in [-0.2, 0) is 30.0 Å². The van der Waals surface area contributed by atoms with Gasteiger partial charge in [0, 0.05) is 6.42 Å². The van der Waals surface area contributed by atoms with E-state index in [0.29, 0.717) is 13.2 Å². The molecule has 0 aliphatic carbocycles. The van der Waals surface area contributed by atoms with Gasteiger partial charge >= 0.3 is 0 Å². The van der Waals surface area contributed by atoms with Crippen LogP contribution in [0.4, 0.5) is 0 Å². The van der Waals surface area contributed by atoms with E-state index in [1.54, 1.807) is 7.11 Å². The van der Waals surface area contributed by atoms with Crippen LogP contribution in [0.1, 0.15) is 59.9 Å². The molecular formula is C26H44O6Si. The highest BCUT2D eigenvalue weighted by Crippen LogP contribution is 2.40. The van der Waals surface area contributed by atoms with E-state index in [1.165, 1.54) is 0 Å². The largest absolute Gasteiger partial charge is 0.497 e. The van der Waals surface area contributed by atoms with E-state index >= 15 is 0 Å². The molecule has 1 aliphatic rings. The van der Waals surface area contributed by atoms with Gasteiger partial charge in [-0.05, 0) is 62.0 Å². The number of benzene rings is 1. The van der Waals surface area contributed by atoms with Crippen LogP contribution in [-0.4, -0.2) is 52.4 Å². The lowest BCUT2D eigenvalue weighted by Crippen LogP contribution is -2.50. The van der Waals surface area contributed by atoms with Gasteiger partial charge in [-0.15, -0.1) is 0 Å². The highest BCUT2D eigenvalue weighted by molar-refractivity contribution is 6.74. The topological polar surface area (TPSA) is 63.2 Å². The molecule has 0 spiro atoms. The Labute approximate surface area is 201 Å². The summed E-state index contributed by atoms with van der Waals surface area (Å²) < 4.78 is 30.3. The average molecular weight is 481 g/mol. The first-order chi connectivity index (χ1) is 15.3. The number of ether oxygens (including phenoxy) is 4. The fourth-order valence-electron chi connectivity index (χ4n) is 3.82. The number of hydrogen-bond acceptors (Lipinski definition) is 6. The number of aldehydes is 1. The van der Waals surface area contributed by atoms with Crippen molar-refractivity contribution in [2.45, 2.75) is 103 Å². The normalized spacial score (nSPS) is 21.4. The Kier molecular flexibility index (Phi) is 9.71. The second-order valence-corrected chi connectivity index (χ2v) is 15.9. The van der Waals surface area contributed by atoms with E-state index in [4.69, 9.17) is 23.4 Å². The average Bonchev–Trinajstić information content (AvgIpc) is 3.07. The molecule has 0 bridgehead atoms. The van der Waals surface area contributed by atoms with Gasteiger partial charge in [-0.3, -0.25) is 0 Å². The number of carbonyl (C=O) groups excluding carboxylic acids is 1. The van der Waals surface area contributed by atoms with Crippen LogP contribution in [0.25, 0.3) is 0 Å². The van der Waals surface area contributed by atoms with E-state index in [0.717, 1.165) is 24.0 Å². The third-order valence-electron chi connectivity index (χ3n) is 6.82. The van der Waals surface area contributed by atoms with Crippen molar-refractivity contribution in [2.24, 2.45) is 5.92 Å². The van der Waals surface area contributed by atoms with Crippen molar-refractivity contribution in [2.75, 3.05) is 13.7 Å². The van der Waals surface area contributed by atoms with Crippen molar-refractivity contribution in [1.29, 1.82) is 0 Å². The first-order valence-electron chi connectivity index (χ1n) is 12.0. The Morgan fingerprint density at radius 1 is 1.21 bits per heavy atom. The minimum Gasteiger partial charge on any atom is -0.497 e. The quantitative estimate of drug-likeness (QED) is 0.281. The van der Waals surface area contributed by atoms with Crippen LogP contribution >= 0.6 is 0 Å². The van der Waals surface area contributed by atoms with Gasteiger partial charge in [0.25, 0.3) is 0 Å². The summed E-state index contributed by atoms with van der Waals surface area (Å²) in [5, 5.41) is 0.0433. The van der Waals surface area contributed by atoms with Crippen LogP contribution in [0.3, 0.4) is 0 Å². The Bertz CT molecular complexity index is 740. The summed E-state index contributed by atoms with van der Waals surface area (Å²) in [6.45, 7) is 18.2. The van der Waals surface area contributed by atoms with Crippen LogP contribution < -0.4 is 4.74 Å². The van der Waals surface area contributed by atoms with Gasteiger partial charge in [-0.2, -0.15) is 0 Å². The summed E-state index contributed by atoms with van der Waals surface area (Å²) in [6, 6.07) is 7.79. The molecule has 1 saturated heterocycles. The van der Waals surface area contributed by atoms with Crippen LogP contribution in [0, 0.1) is 5.92 Å². The minimum atomic E-state index is -2.11. The first-order valence-corrected chi connectivity index (χ1v) is 14.9. The summed E-state index contributed by atoms with van der Waals surface area (Å²) in [7, 11) is -0.463. The van der Waals surface area contributed by atoms with Crippen molar-refractivity contribution >= 4 is 14.6 Å². The second kappa shape index (κ2) is 11.4. The molecule has 0 amide bonds. The Morgan fingerprint density at radius 2 is 1.85 bits per heavy atom. The van der Waals surface area contributed by atoms with Crippen molar-refractivity contribution < 1.29 is 28.2 Å². The SMILES string of the molecule is COc1ccc(CO[C@H](CC=O)[C@@H](O[Si](C)(C)C(C)(C)C)[C@H](C)C[C@@H]2COC(C)(C)O2)cc1. The summed E-state index contributed by atoms with van der Waals surface area (Å²) in [5.74, 6) is 0.368. The minimum absolute atomic E-state index is 0.000940. The maximum atomic E-state index is 11.6. The van der Waals surface area contributed by atoms with E-state index in [9.17, 15) is 4.79 Å². The van der Waals surface area contributed by atoms with Gasteiger partial charge in [0.2, 0.25) is 0 Å². The molecule has 2 rings (SSSR count). The zero-order valence-electron chi connectivity index (χ0n) is 22.0. The molecule has 188 valence electrons. The van der Waals surface area contributed by atoms with Crippen LogP contribution in [0.15, 0.2) is 24.3 Å². The molecule has 33 heavy (non-hydrogen) atoms. The predicted molar refractivity (Wildman–Crippen MR) is 133 cm³/mol. The van der Waals surface area contributed by atoms with Crippen molar-refractivity contribution in [3.8, 4) is 5.75 Å². The maximum Gasteiger partial charge on any atom is 0.192 e. The number of hydrogen-bond donors (Lipinski definition) is 0. The summed E-state index contributed by atoms with van der Waals surface area (Å²) in [6.07, 6.45) is 1.44. The lowest BCUT2D eigenvalue weighted by Gasteiger charge is -2.43. The lowest BCUT2D eigenvalue weighted by molar-refractivity contribution is -0.142. The maximum absolute atomic E-state index is 11.6. The van der Waals surface area contributed by atoms with Gasteiger partial charge in [0.1, 0.15) is 12.0 Å². The highest BCUT2D eigenvalue weighted by atomic mass is 28.4. The standard InChI is InChI=1S/C26H44O6Si/c1-19(16-22-18-30-26(5,6)31-22)24(32-33(8,9)25(2,3)4)23(14-15-27)29-17-20-10-12-21(28-7)13-11-20/h10-13,15,19,22-24H,14,16-18H2,1-9H3/t19-,22-,23-,24+/m1/s1. The van der Waals surface area contributed by atoms with Gasteiger partial charge in [-0.1, -0.05) is 39.8 Å². The van der Waals surface area contributed by atoms with Crippen molar-refractivity contribution in [3.63, 3.8) is 0 Å². The molecule has 7 heteroatoms. The molecule has 1 fully saturated rings. The molecule has 6 nitrogen and oxygen atoms in total. The molecular weight excluding hydrogens is 436 g/mol. The molecule has 0 unspecified atom stereocenters. The molecule has 4 atom stereocenters. The van der Waals surface area contributed by atoms with E-state index < -0.39 is 14.1 Å². The van der Waals surface area contributed by atoms with E-state index in [-0.39, 0.29) is 35.7 Å². The Morgan fingerprint density at radius 3 is 2.33 bits per heavy atom. The first kappa shape index (κ1) is 28.0. The molecule has 0 saturated carbocycles. The number of methoxy groups -OCH3 is 1. The third kappa shape index (κ3) is 8.18. The second-order valence-electron chi connectivity index (χ2n) is 11.1.